The van der Waals surface area contributed by atoms with Gasteiger partial charge in [0, 0.05) is 57.9 Å². The maximum atomic E-state index is 11.8. The molecule has 4 aromatic heterocycles. The molecule has 0 saturated heterocycles. The Hall–Kier alpha value is -6.18. The number of benzene rings is 2. The van der Waals surface area contributed by atoms with Crippen LogP contribution in [0.15, 0.2) is 85.5 Å². The largest absolute Gasteiger partial charge is 0.465 e. The molecule has 0 unspecified atom stereocenters. The lowest BCUT2D eigenvalue weighted by atomic mass is 10.0. The number of hydrogen-bond acceptors (Lipinski definition) is 9. The molecule has 0 fully saturated rings. The summed E-state index contributed by atoms with van der Waals surface area (Å²) in [5, 5.41) is 20.9. The highest BCUT2D eigenvalue weighted by atomic mass is 16.6. The minimum atomic E-state index is -0.923. The van der Waals surface area contributed by atoms with Crippen LogP contribution < -0.4 is 15.1 Å². The van der Waals surface area contributed by atoms with E-state index in [9.17, 15) is 14.7 Å². The molecular formula is C40H50N10O4. The van der Waals surface area contributed by atoms with Crippen molar-refractivity contribution < 1.29 is 19.4 Å². The van der Waals surface area contributed by atoms with Crippen LogP contribution in [0.25, 0.3) is 33.5 Å². The fourth-order valence-electron chi connectivity index (χ4n) is 5.50. The maximum Gasteiger partial charge on any atom is 0.408 e. The molecule has 0 spiro atoms. The van der Waals surface area contributed by atoms with Gasteiger partial charge in [0.15, 0.2) is 0 Å². The van der Waals surface area contributed by atoms with Gasteiger partial charge in [-0.3, -0.25) is 4.90 Å². The molecule has 2 amide bonds. The Morgan fingerprint density at radius 3 is 1.54 bits per heavy atom. The van der Waals surface area contributed by atoms with Crippen molar-refractivity contribution in [1.82, 2.24) is 39.4 Å². The standard InChI is InChI=1S/2C20H25N5O2/c1-20(2,3)27-19(26)21-12-14-6-8-15(9-7-14)18-16-10-11-22-25(16)13-17(23-18)24(4)5;1-20(2,3)24(19(26)27)12-14-6-8-15(9-7-14)18-16-10-11-21-25(16)13-17(22-18)23(4)5/h6-11,13H,12H2,1-5H3,(H,21,26);6-11,13H,12H2,1-5H3,(H,26,27). The van der Waals surface area contributed by atoms with Crippen LogP contribution in [-0.4, -0.2) is 90.7 Å². The quantitative estimate of drug-likeness (QED) is 0.164. The number of alkyl carbamates (subject to hydrolysis) is 1. The smallest absolute Gasteiger partial charge is 0.408 e. The Labute approximate surface area is 316 Å². The lowest BCUT2D eigenvalue weighted by Crippen LogP contribution is -2.44. The summed E-state index contributed by atoms with van der Waals surface area (Å²) in [6, 6.07) is 19.7. The lowest BCUT2D eigenvalue weighted by molar-refractivity contribution is 0.0523. The van der Waals surface area contributed by atoms with Crippen molar-refractivity contribution in [3.63, 3.8) is 0 Å². The highest BCUT2D eigenvalue weighted by Gasteiger charge is 2.26. The minimum absolute atomic E-state index is 0.340. The number of amides is 2. The van der Waals surface area contributed by atoms with Gasteiger partial charge in [-0.1, -0.05) is 48.5 Å². The molecule has 6 aromatic rings. The van der Waals surface area contributed by atoms with E-state index in [-0.39, 0.29) is 0 Å². The monoisotopic (exact) mass is 734 g/mol. The second-order valence-corrected chi connectivity index (χ2v) is 15.3. The molecule has 0 saturated carbocycles. The average molecular weight is 735 g/mol. The molecule has 0 bridgehead atoms. The van der Waals surface area contributed by atoms with Crippen LogP contribution in [0.4, 0.5) is 21.2 Å². The zero-order valence-electron chi connectivity index (χ0n) is 32.7. The van der Waals surface area contributed by atoms with E-state index in [0.717, 1.165) is 56.3 Å². The zero-order valence-corrected chi connectivity index (χ0v) is 32.7. The Balaban J connectivity index is 0.000000208. The van der Waals surface area contributed by atoms with Crippen molar-refractivity contribution in [3.8, 4) is 22.5 Å². The van der Waals surface area contributed by atoms with E-state index >= 15 is 0 Å². The van der Waals surface area contributed by atoms with Gasteiger partial charge < -0.3 is 25.0 Å². The third-order valence-electron chi connectivity index (χ3n) is 8.34. The first-order valence-corrected chi connectivity index (χ1v) is 17.6. The summed E-state index contributed by atoms with van der Waals surface area (Å²) in [5.41, 5.74) is 6.49. The number of ether oxygens (including phenoxy) is 1. The molecule has 14 heteroatoms. The first-order chi connectivity index (χ1) is 25.4. The number of carboxylic acid groups (broad SMARTS) is 1. The summed E-state index contributed by atoms with van der Waals surface area (Å²) in [6.07, 6.45) is 5.96. The number of fused-ring (bicyclic) bond motifs is 2. The summed E-state index contributed by atoms with van der Waals surface area (Å²) >= 11 is 0. The molecule has 0 aliphatic heterocycles. The number of hydrogen-bond donors (Lipinski definition) is 2. The highest BCUT2D eigenvalue weighted by Crippen LogP contribution is 2.28. The van der Waals surface area contributed by atoms with Crippen LogP contribution in [0.1, 0.15) is 52.7 Å². The van der Waals surface area contributed by atoms with Crippen LogP contribution >= 0.6 is 0 Å². The van der Waals surface area contributed by atoms with Crippen LogP contribution in [0.5, 0.6) is 0 Å². The number of rotatable bonds is 8. The van der Waals surface area contributed by atoms with E-state index in [1.807, 2.05) is 162 Å². The summed E-state index contributed by atoms with van der Waals surface area (Å²) < 4.78 is 8.90. The van der Waals surface area contributed by atoms with E-state index < -0.39 is 23.3 Å². The number of nitrogens with zero attached hydrogens (tertiary/aromatic N) is 9. The third-order valence-corrected chi connectivity index (χ3v) is 8.34. The topological polar surface area (TPSA) is 146 Å². The summed E-state index contributed by atoms with van der Waals surface area (Å²) in [6.45, 7) is 11.9. The van der Waals surface area contributed by atoms with E-state index in [1.165, 1.54) is 4.90 Å². The number of anilines is 2. The van der Waals surface area contributed by atoms with Crippen molar-refractivity contribution in [2.45, 2.75) is 65.8 Å². The van der Waals surface area contributed by atoms with Crippen molar-refractivity contribution in [3.05, 3.63) is 96.6 Å². The van der Waals surface area contributed by atoms with Crippen molar-refractivity contribution in [2.24, 2.45) is 0 Å². The Morgan fingerprint density at radius 1 is 0.704 bits per heavy atom. The maximum absolute atomic E-state index is 11.8. The predicted octanol–water partition coefficient (Wildman–Crippen LogP) is 7.23. The third kappa shape index (κ3) is 9.62. The minimum Gasteiger partial charge on any atom is -0.465 e. The van der Waals surface area contributed by atoms with Crippen LogP contribution in [0.3, 0.4) is 0 Å². The molecule has 0 aliphatic rings. The Kier molecular flexibility index (Phi) is 11.4. The number of aromatic nitrogens is 6. The van der Waals surface area contributed by atoms with Gasteiger partial charge in [-0.2, -0.15) is 10.2 Å². The lowest BCUT2D eigenvalue weighted by Gasteiger charge is -2.33. The van der Waals surface area contributed by atoms with Gasteiger partial charge in [-0.05, 0) is 64.8 Å². The van der Waals surface area contributed by atoms with Crippen LogP contribution in [0.2, 0.25) is 0 Å². The van der Waals surface area contributed by atoms with Crippen molar-refractivity contribution >= 4 is 34.9 Å². The van der Waals surface area contributed by atoms with Crippen LogP contribution in [-0.2, 0) is 17.8 Å². The molecule has 4 heterocycles. The highest BCUT2D eigenvalue weighted by molar-refractivity contribution is 5.79. The summed E-state index contributed by atoms with van der Waals surface area (Å²) in [4.78, 5) is 38.2. The van der Waals surface area contributed by atoms with E-state index in [2.05, 4.69) is 15.5 Å². The van der Waals surface area contributed by atoms with Crippen LogP contribution in [0, 0.1) is 0 Å². The second-order valence-electron chi connectivity index (χ2n) is 15.3. The van der Waals surface area contributed by atoms with Gasteiger partial charge in [0.25, 0.3) is 0 Å². The molecule has 0 atom stereocenters. The van der Waals surface area contributed by atoms with Gasteiger partial charge >= 0.3 is 12.2 Å². The SMILES string of the molecule is CN(C)c1cn2nccc2c(-c2ccc(CN(C(=O)O)C(C)(C)C)cc2)n1.CN(C)c1cn2nccc2c(-c2ccc(CNC(=O)OC(C)(C)C)cc2)n1. The Morgan fingerprint density at radius 2 is 1.15 bits per heavy atom. The van der Waals surface area contributed by atoms with Gasteiger partial charge in [-0.25, -0.2) is 28.6 Å². The second kappa shape index (κ2) is 15.8. The zero-order chi connectivity index (χ0) is 39.4. The molecule has 0 radical (unpaired) electrons. The van der Waals surface area contributed by atoms with Gasteiger partial charge in [0.05, 0.1) is 47.2 Å². The van der Waals surface area contributed by atoms with Crippen molar-refractivity contribution in [1.29, 1.82) is 0 Å². The Bertz CT molecular complexity index is 2210. The average Bonchev–Trinajstić information content (AvgIpc) is 3.78. The van der Waals surface area contributed by atoms with E-state index in [1.54, 1.807) is 12.4 Å². The predicted molar refractivity (Wildman–Crippen MR) is 212 cm³/mol. The first kappa shape index (κ1) is 39.0. The summed E-state index contributed by atoms with van der Waals surface area (Å²) in [5.74, 6) is 1.65. The van der Waals surface area contributed by atoms with Gasteiger partial charge in [0.1, 0.15) is 17.2 Å². The fraction of sp³-hybridized carbons (Fsp3) is 0.350. The van der Waals surface area contributed by atoms with Gasteiger partial charge in [0.2, 0.25) is 0 Å². The summed E-state index contributed by atoms with van der Waals surface area (Å²) in [7, 11) is 7.79. The number of carbonyl (C=O) groups is 2. The van der Waals surface area contributed by atoms with Gasteiger partial charge in [-0.15, -0.1) is 0 Å². The van der Waals surface area contributed by atoms with E-state index in [0.29, 0.717) is 13.1 Å². The molecule has 6 rings (SSSR count). The van der Waals surface area contributed by atoms with Crippen molar-refractivity contribution in [2.75, 3.05) is 38.0 Å². The molecule has 0 aliphatic carbocycles. The molecule has 2 N–H and O–H groups in total. The molecule has 2 aromatic carbocycles. The fourth-order valence-corrected chi connectivity index (χ4v) is 5.50. The first-order valence-electron chi connectivity index (χ1n) is 17.6. The number of nitrogens with one attached hydrogen (secondary N) is 1. The molecule has 54 heavy (non-hydrogen) atoms. The molecule has 284 valence electrons. The molecular weight excluding hydrogens is 685 g/mol. The normalized spacial score (nSPS) is 11.5. The van der Waals surface area contributed by atoms with E-state index in [4.69, 9.17) is 14.7 Å². The molecule has 14 nitrogen and oxygen atoms in total. The number of carbonyl (C=O) groups excluding carboxylic acids is 1.